The summed E-state index contributed by atoms with van der Waals surface area (Å²) < 4.78 is 23.8. The number of hydrogen-bond acceptors (Lipinski definition) is 9. The highest BCUT2D eigenvalue weighted by atomic mass is 16.6. The first kappa shape index (κ1) is 29.6. The fourth-order valence-corrected chi connectivity index (χ4v) is 6.75. The summed E-state index contributed by atoms with van der Waals surface area (Å²) in [5.74, 6) is -1.93. The molecule has 0 aromatic rings. The predicted octanol–water partition coefficient (Wildman–Crippen LogP) is 3.09. The van der Waals surface area contributed by atoms with Crippen LogP contribution in [0.2, 0.25) is 0 Å². The van der Waals surface area contributed by atoms with E-state index in [-0.39, 0.29) is 37.0 Å². The molecule has 9 heteroatoms. The molecule has 0 spiro atoms. The first-order chi connectivity index (χ1) is 17.1. The highest BCUT2D eigenvalue weighted by Gasteiger charge is 2.64. The molecule has 2 N–H and O–H groups in total. The second kappa shape index (κ2) is 11.0. The van der Waals surface area contributed by atoms with Gasteiger partial charge in [-0.3, -0.25) is 14.4 Å². The van der Waals surface area contributed by atoms with Crippen molar-refractivity contribution in [2.45, 2.75) is 122 Å². The summed E-state index contributed by atoms with van der Waals surface area (Å²) in [4.78, 5) is 36.6. The molecule has 0 amide bonds. The molecule has 2 aliphatic heterocycles. The van der Waals surface area contributed by atoms with Crippen LogP contribution in [0, 0.1) is 23.7 Å². The van der Waals surface area contributed by atoms with Crippen molar-refractivity contribution >= 4 is 17.9 Å². The highest BCUT2D eigenvalue weighted by molar-refractivity contribution is 5.69. The lowest BCUT2D eigenvalue weighted by Gasteiger charge is -2.48. The first-order valence-corrected chi connectivity index (χ1v) is 13.4. The van der Waals surface area contributed by atoms with E-state index in [0.29, 0.717) is 18.4 Å². The number of ether oxygens (including phenoxy) is 4. The van der Waals surface area contributed by atoms with E-state index in [1.165, 1.54) is 20.8 Å². The number of carbonyl (C=O) groups excluding carboxylic acids is 3. The van der Waals surface area contributed by atoms with Gasteiger partial charge in [0.15, 0.2) is 0 Å². The molecule has 2 saturated heterocycles. The summed E-state index contributed by atoms with van der Waals surface area (Å²) in [6, 6.07) is 0. The van der Waals surface area contributed by atoms with Crippen LogP contribution in [0.4, 0.5) is 0 Å². The van der Waals surface area contributed by atoms with E-state index in [2.05, 4.69) is 20.4 Å². The molecule has 9 nitrogen and oxygen atoms in total. The number of fused-ring (bicyclic) bond motifs is 5. The molecule has 210 valence electrons. The van der Waals surface area contributed by atoms with Gasteiger partial charge in [-0.1, -0.05) is 27.4 Å². The number of carbonyl (C=O) groups is 3. The normalized spacial score (nSPS) is 41.7. The molecular formula is C28H44O9. The van der Waals surface area contributed by atoms with E-state index in [1.807, 2.05) is 6.92 Å². The maximum absolute atomic E-state index is 12.4. The van der Waals surface area contributed by atoms with Crippen molar-refractivity contribution in [1.29, 1.82) is 0 Å². The van der Waals surface area contributed by atoms with Gasteiger partial charge in [-0.25, -0.2) is 0 Å². The Morgan fingerprint density at radius 2 is 1.81 bits per heavy atom. The highest BCUT2D eigenvalue weighted by Crippen LogP contribution is 2.56. The van der Waals surface area contributed by atoms with E-state index in [1.54, 1.807) is 6.92 Å². The van der Waals surface area contributed by atoms with Crippen molar-refractivity contribution in [3.8, 4) is 0 Å². The van der Waals surface area contributed by atoms with Crippen molar-refractivity contribution in [3.63, 3.8) is 0 Å². The van der Waals surface area contributed by atoms with Gasteiger partial charge < -0.3 is 29.2 Å². The fraction of sp³-hybridized carbons (Fsp3) is 0.821. The zero-order chi connectivity index (χ0) is 27.9. The van der Waals surface area contributed by atoms with Crippen LogP contribution in [0.25, 0.3) is 0 Å². The average Bonchev–Trinajstić information content (AvgIpc) is 3.18. The second-order valence-electron chi connectivity index (χ2n) is 11.8. The predicted molar refractivity (Wildman–Crippen MR) is 134 cm³/mol. The van der Waals surface area contributed by atoms with Crippen LogP contribution in [-0.2, 0) is 33.3 Å². The Hall–Kier alpha value is -1.97. The van der Waals surface area contributed by atoms with Crippen LogP contribution in [0.15, 0.2) is 12.2 Å². The molecule has 0 aromatic carbocycles. The van der Waals surface area contributed by atoms with Crippen molar-refractivity contribution in [1.82, 2.24) is 0 Å². The van der Waals surface area contributed by atoms with Gasteiger partial charge in [-0.15, -0.1) is 0 Å². The SMILES string of the molecule is C=C1C(OC(C)=O)CC(C(C)C)C2C1C1OC2C(C)(OC(C)=O)CCC(OC(=O)CCC)C(C)(O)C1O. The number of aliphatic hydroxyl groups is 2. The van der Waals surface area contributed by atoms with Crippen LogP contribution in [0.1, 0.15) is 80.6 Å². The van der Waals surface area contributed by atoms with Gasteiger partial charge in [0.05, 0.1) is 6.10 Å². The Balaban J connectivity index is 2.14. The Morgan fingerprint density at radius 1 is 1.16 bits per heavy atom. The topological polar surface area (TPSA) is 129 Å². The summed E-state index contributed by atoms with van der Waals surface area (Å²) >= 11 is 0. The van der Waals surface area contributed by atoms with Crippen LogP contribution in [0.5, 0.6) is 0 Å². The minimum absolute atomic E-state index is 0.000474. The van der Waals surface area contributed by atoms with Crippen molar-refractivity contribution in [2.24, 2.45) is 23.7 Å². The molecule has 3 aliphatic rings. The van der Waals surface area contributed by atoms with Crippen LogP contribution < -0.4 is 0 Å². The molecule has 3 rings (SSSR count). The molecule has 2 heterocycles. The molecular weight excluding hydrogens is 480 g/mol. The van der Waals surface area contributed by atoms with Crippen molar-refractivity contribution in [3.05, 3.63) is 12.2 Å². The molecule has 1 aliphatic carbocycles. The van der Waals surface area contributed by atoms with E-state index < -0.39 is 65.5 Å². The third-order valence-electron chi connectivity index (χ3n) is 8.58. The Labute approximate surface area is 219 Å². The molecule has 37 heavy (non-hydrogen) atoms. The van der Waals surface area contributed by atoms with Crippen LogP contribution in [0.3, 0.4) is 0 Å². The van der Waals surface area contributed by atoms with E-state index in [9.17, 15) is 24.6 Å². The van der Waals surface area contributed by atoms with Gasteiger partial charge in [-0.05, 0) is 56.9 Å². The minimum atomic E-state index is -1.86. The summed E-state index contributed by atoms with van der Waals surface area (Å²) in [7, 11) is 0. The summed E-state index contributed by atoms with van der Waals surface area (Å²) in [5.41, 5.74) is -2.39. The lowest BCUT2D eigenvalue weighted by Crippen LogP contribution is -2.59. The summed E-state index contributed by atoms with van der Waals surface area (Å²) in [6.07, 6.45) is -2.97. The van der Waals surface area contributed by atoms with Crippen molar-refractivity contribution < 1.29 is 43.5 Å². The smallest absolute Gasteiger partial charge is 0.306 e. The Kier molecular flexibility index (Phi) is 8.82. The van der Waals surface area contributed by atoms with Gasteiger partial charge in [-0.2, -0.15) is 0 Å². The number of rotatable bonds is 6. The lowest BCUT2D eigenvalue weighted by molar-refractivity contribution is -0.198. The fourth-order valence-electron chi connectivity index (χ4n) is 6.75. The maximum atomic E-state index is 12.4. The molecule has 0 aromatic heterocycles. The molecule has 10 atom stereocenters. The third kappa shape index (κ3) is 5.73. The van der Waals surface area contributed by atoms with E-state index >= 15 is 0 Å². The molecule has 1 saturated carbocycles. The first-order valence-electron chi connectivity index (χ1n) is 13.4. The van der Waals surface area contributed by atoms with Crippen LogP contribution in [-0.4, -0.2) is 69.8 Å². The largest absolute Gasteiger partial charge is 0.459 e. The maximum Gasteiger partial charge on any atom is 0.306 e. The average molecular weight is 525 g/mol. The van der Waals surface area contributed by atoms with Gasteiger partial charge >= 0.3 is 17.9 Å². The third-order valence-corrected chi connectivity index (χ3v) is 8.58. The minimum Gasteiger partial charge on any atom is -0.459 e. The second-order valence-corrected chi connectivity index (χ2v) is 11.8. The number of aliphatic hydroxyl groups excluding tert-OH is 1. The van der Waals surface area contributed by atoms with Gasteiger partial charge in [0, 0.05) is 32.1 Å². The summed E-state index contributed by atoms with van der Waals surface area (Å²) in [6.45, 7) is 16.2. The standard InChI is InChI=1S/C28H44O9/c1-9-10-21(31)35-20-11-12-27(7,37-17(6)30)26-23-18(14(2)3)13-19(34-16(5)29)15(4)22(23)24(36-26)25(32)28(20,8)33/h14,18-20,22-26,32-33H,4,9-13H2,1-3,5-8H3. The zero-order valence-electron chi connectivity index (χ0n) is 23.2. The van der Waals surface area contributed by atoms with Gasteiger partial charge in [0.2, 0.25) is 0 Å². The van der Waals surface area contributed by atoms with E-state index in [0.717, 1.165) is 0 Å². The number of esters is 3. The quantitative estimate of drug-likeness (QED) is 0.306. The Bertz CT molecular complexity index is 896. The monoisotopic (exact) mass is 524 g/mol. The number of hydrogen-bond donors (Lipinski definition) is 2. The van der Waals surface area contributed by atoms with Crippen LogP contribution >= 0.6 is 0 Å². The summed E-state index contributed by atoms with van der Waals surface area (Å²) in [5, 5.41) is 23.3. The van der Waals surface area contributed by atoms with E-state index in [4.69, 9.17) is 18.9 Å². The molecule has 0 radical (unpaired) electrons. The molecule has 2 bridgehead atoms. The molecule has 10 unspecified atom stereocenters. The Morgan fingerprint density at radius 3 is 2.35 bits per heavy atom. The lowest BCUT2D eigenvalue weighted by atomic mass is 9.59. The molecule has 3 fully saturated rings. The van der Waals surface area contributed by atoms with Crippen molar-refractivity contribution in [2.75, 3.05) is 0 Å². The zero-order valence-corrected chi connectivity index (χ0v) is 23.2. The van der Waals surface area contributed by atoms with Gasteiger partial charge in [0.25, 0.3) is 0 Å². The van der Waals surface area contributed by atoms with Gasteiger partial charge in [0.1, 0.15) is 35.6 Å².